The highest BCUT2D eigenvalue weighted by Gasteiger charge is 2.29. The van der Waals surface area contributed by atoms with Gasteiger partial charge in [0.25, 0.3) is 0 Å². The molecule has 0 radical (unpaired) electrons. The van der Waals surface area contributed by atoms with E-state index in [1.807, 2.05) is 35.4 Å². The fraction of sp³-hybridized carbons (Fsp3) is 0.476. The van der Waals surface area contributed by atoms with Crippen molar-refractivity contribution in [3.05, 3.63) is 53.1 Å². The average Bonchev–Trinajstić information content (AvgIpc) is 3.22. The molecule has 6 nitrogen and oxygen atoms in total. The number of amides is 1. The highest BCUT2D eigenvalue weighted by molar-refractivity contribution is 5.76. The number of aryl methyl sites for hydroxylation is 1. The first-order valence-corrected chi connectivity index (χ1v) is 9.69. The van der Waals surface area contributed by atoms with E-state index in [1.54, 1.807) is 7.11 Å². The second-order valence-corrected chi connectivity index (χ2v) is 7.30. The van der Waals surface area contributed by atoms with Crippen LogP contribution in [0, 0.1) is 0 Å². The molecule has 27 heavy (non-hydrogen) atoms. The Morgan fingerprint density at radius 2 is 2.19 bits per heavy atom. The topological polar surface area (TPSA) is 67.3 Å². The highest BCUT2D eigenvalue weighted by atomic mass is 16.5. The number of benzene rings is 1. The number of carbonyl (C=O) groups excluding carboxylic acids is 1. The number of carbonyl (C=O) groups is 1. The molecule has 2 aromatic rings. The number of hydrogen-bond acceptors (Lipinski definition) is 5. The second kappa shape index (κ2) is 8.05. The minimum absolute atomic E-state index is 0.218. The third-order valence-electron chi connectivity index (χ3n) is 5.52. The summed E-state index contributed by atoms with van der Waals surface area (Å²) >= 11 is 0. The van der Waals surface area contributed by atoms with Crippen LogP contribution in [0.3, 0.4) is 0 Å². The van der Waals surface area contributed by atoms with Crippen LogP contribution in [0.4, 0.5) is 0 Å². The van der Waals surface area contributed by atoms with Gasteiger partial charge in [0.15, 0.2) is 0 Å². The standard InChI is InChI=1S/C21H26N4O2/c1-27-18-5-2-15(3-6-18)4-7-20(26)25-11-9-16(14-25)21-23-13-17-12-22-10-8-19(17)24-21/h2-3,5-6,13,16,22H,4,7-12,14H2,1H3/t16-/m1/s1. The van der Waals surface area contributed by atoms with Crippen LogP contribution in [0.1, 0.15) is 41.4 Å². The normalized spacial score (nSPS) is 19.0. The van der Waals surface area contributed by atoms with Crippen molar-refractivity contribution in [2.24, 2.45) is 0 Å². The van der Waals surface area contributed by atoms with Gasteiger partial charge >= 0.3 is 0 Å². The fourth-order valence-electron chi connectivity index (χ4n) is 3.85. The third kappa shape index (κ3) is 4.11. The number of methoxy groups -OCH3 is 1. The minimum atomic E-state index is 0.218. The minimum Gasteiger partial charge on any atom is -0.497 e. The summed E-state index contributed by atoms with van der Waals surface area (Å²) in [5.41, 5.74) is 3.53. The number of nitrogens with one attached hydrogen (secondary N) is 1. The predicted molar refractivity (Wildman–Crippen MR) is 103 cm³/mol. The molecule has 1 aromatic carbocycles. The van der Waals surface area contributed by atoms with Crippen LogP contribution in [-0.4, -0.2) is 47.5 Å². The first-order valence-electron chi connectivity index (χ1n) is 9.69. The zero-order chi connectivity index (χ0) is 18.6. The lowest BCUT2D eigenvalue weighted by Gasteiger charge is -2.19. The van der Waals surface area contributed by atoms with Gasteiger partial charge < -0.3 is 15.0 Å². The first-order chi connectivity index (χ1) is 13.2. The average molecular weight is 366 g/mol. The van der Waals surface area contributed by atoms with E-state index in [4.69, 9.17) is 9.72 Å². The monoisotopic (exact) mass is 366 g/mol. The van der Waals surface area contributed by atoms with Crippen LogP contribution in [0.5, 0.6) is 5.75 Å². The zero-order valence-corrected chi connectivity index (χ0v) is 15.8. The Hall–Kier alpha value is -2.47. The van der Waals surface area contributed by atoms with E-state index in [9.17, 15) is 4.79 Å². The Bertz CT molecular complexity index is 806. The SMILES string of the molecule is COc1ccc(CCC(=O)N2CC[C@@H](c3ncc4c(n3)CCNC4)C2)cc1. The van der Waals surface area contributed by atoms with Crippen molar-refractivity contribution < 1.29 is 9.53 Å². The summed E-state index contributed by atoms with van der Waals surface area (Å²) in [7, 11) is 1.66. The van der Waals surface area contributed by atoms with Crippen molar-refractivity contribution in [3.63, 3.8) is 0 Å². The van der Waals surface area contributed by atoms with Gasteiger partial charge in [-0.1, -0.05) is 12.1 Å². The van der Waals surface area contributed by atoms with Crippen LogP contribution in [0.15, 0.2) is 30.5 Å². The van der Waals surface area contributed by atoms with Crippen LogP contribution in [0.2, 0.25) is 0 Å². The quantitative estimate of drug-likeness (QED) is 0.878. The number of ether oxygens (including phenoxy) is 1. The largest absolute Gasteiger partial charge is 0.497 e. The molecule has 1 atom stereocenters. The van der Waals surface area contributed by atoms with E-state index >= 15 is 0 Å². The van der Waals surface area contributed by atoms with Gasteiger partial charge in [-0.05, 0) is 30.5 Å². The summed E-state index contributed by atoms with van der Waals surface area (Å²) in [6.07, 6.45) is 5.16. The summed E-state index contributed by atoms with van der Waals surface area (Å²) in [6.45, 7) is 3.37. The Kier molecular flexibility index (Phi) is 5.34. The smallest absolute Gasteiger partial charge is 0.222 e. The van der Waals surface area contributed by atoms with Crippen molar-refractivity contribution in [3.8, 4) is 5.75 Å². The Balaban J connectivity index is 1.32. The van der Waals surface area contributed by atoms with Crippen LogP contribution in [0.25, 0.3) is 0 Å². The molecule has 1 amide bonds. The molecule has 1 fully saturated rings. The van der Waals surface area contributed by atoms with Crippen LogP contribution in [-0.2, 0) is 24.2 Å². The van der Waals surface area contributed by atoms with Gasteiger partial charge in [-0.25, -0.2) is 9.97 Å². The van der Waals surface area contributed by atoms with E-state index in [0.29, 0.717) is 6.42 Å². The Labute approximate surface area is 160 Å². The Morgan fingerprint density at radius 1 is 1.33 bits per heavy atom. The molecular formula is C21H26N4O2. The fourth-order valence-corrected chi connectivity index (χ4v) is 3.85. The number of likely N-dealkylation sites (tertiary alicyclic amines) is 1. The summed E-state index contributed by atoms with van der Waals surface area (Å²) in [5.74, 6) is 2.22. The van der Waals surface area contributed by atoms with Crippen molar-refractivity contribution >= 4 is 5.91 Å². The summed E-state index contributed by atoms with van der Waals surface area (Å²) in [6, 6.07) is 7.92. The van der Waals surface area contributed by atoms with Crippen molar-refractivity contribution in [1.82, 2.24) is 20.2 Å². The molecular weight excluding hydrogens is 340 g/mol. The maximum atomic E-state index is 12.6. The molecule has 0 unspecified atom stereocenters. The zero-order valence-electron chi connectivity index (χ0n) is 15.8. The molecule has 2 aliphatic heterocycles. The van der Waals surface area contributed by atoms with Gasteiger partial charge in [0.05, 0.1) is 7.11 Å². The number of rotatable bonds is 5. The molecule has 0 spiro atoms. The summed E-state index contributed by atoms with van der Waals surface area (Å²) in [4.78, 5) is 23.9. The van der Waals surface area contributed by atoms with Gasteiger partial charge in [-0.2, -0.15) is 0 Å². The molecule has 6 heteroatoms. The maximum Gasteiger partial charge on any atom is 0.222 e. The number of nitrogens with zero attached hydrogens (tertiary/aromatic N) is 3. The van der Waals surface area contributed by atoms with E-state index in [2.05, 4.69) is 10.3 Å². The molecule has 1 aromatic heterocycles. The Morgan fingerprint density at radius 3 is 3.00 bits per heavy atom. The van der Waals surface area contributed by atoms with Crippen molar-refractivity contribution in [2.75, 3.05) is 26.7 Å². The molecule has 1 N–H and O–H groups in total. The van der Waals surface area contributed by atoms with E-state index in [0.717, 1.165) is 62.6 Å². The lowest BCUT2D eigenvalue weighted by molar-refractivity contribution is -0.130. The molecule has 4 rings (SSSR count). The highest BCUT2D eigenvalue weighted by Crippen LogP contribution is 2.26. The lowest BCUT2D eigenvalue weighted by Crippen LogP contribution is -2.29. The first kappa shape index (κ1) is 17.9. The molecule has 142 valence electrons. The van der Waals surface area contributed by atoms with Gasteiger partial charge in [0.1, 0.15) is 11.6 Å². The lowest BCUT2D eigenvalue weighted by atomic mass is 10.1. The third-order valence-corrected chi connectivity index (χ3v) is 5.52. The van der Waals surface area contributed by atoms with Gasteiger partial charge in [-0.15, -0.1) is 0 Å². The maximum absolute atomic E-state index is 12.6. The number of fused-ring (bicyclic) bond motifs is 1. The number of aromatic nitrogens is 2. The molecule has 2 aliphatic rings. The molecule has 0 saturated carbocycles. The summed E-state index contributed by atoms with van der Waals surface area (Å²) < 4.78 is 5.17. The predicted octanol–water partition coefficient (Wildman–Crippen LogP) is 2.08. The van der Waals surface area contributed by atoms with Gasteiger partial charge in [-0.3, -0.25) is 4.79 Å². The van der Waals surface area contributed by atoms with Crippen molar-refractivity contribution in [2.45, 2.75) is 38.1 Å². The molecule has 0 aliphatic carbocycles. The van der Waals surface area contributed by atoms with E-state index < -0.39 is 0 Å². The molecule has 1 saturated heterocycles. The second-order valence-electron chi connectivity index (χ2n) is 7.30. The van der Waals surface area contributed by atoms with Crippen LogP contribution >= 0.6 is 0 Å². The van der Waals surface area contributed by atoms with Crippen LogP contribution < -0.4 is 10.1 Å². The summed E-state index contributed by atoms with van der Waals surface area (Å²) in [5, 5.41) is 3.35. The van der Waals surface area contributed by atoms with Gasteiger partial charge in [0.2, 0.25) is 5.91 Å². The molecule has 0 bridgehead atoms. The van der Waals surface area contributed by atoms with E-state index in [1.165, 1.54) is 11.3 Å². The number of hydrogen-bond donors (Lipinski definition) is 1. The molecule has 3 heterocycles. The van der Waals surface area contributed by atoms with Gasteiger partial charge in [0, 0.05) is 62.4 Å². The van der Waals surface area contributed by atoms with Crippen molar-refractivity contribution in [1.29, 1.82) is 0 Å². The van der Waals surface area contributed by atoms with E-state index in [-0.39, 0.29) is 11.8 Å².